The fourth-order valence-electron chi connectivity index (χ4n) is 2.87. The lowest BCUT2D eigenvalue weighted by Crippen LogP contribution is -2.42. The highest BCUT2D eigenvalue weighted by Crippen LogP contribution is 2.18. The number of amides is 1. The van der Waals surface area contributed by atoms with Crippen LogP contribution in [0.25, 0.3) is 0 Å². The van der Waals surface area contributed by atoms with Gasteiger partial charge in [-0.05, 0) is 18.9 Å². The molecule has 3 rings (SSSR count). The number of piperidine rings is 1. The molecule has 1 saturated heterocycles. The lowest BCUT2D eigenvalue weighted by Gasteiger charge is -2.32. The maximum atomic E-state index is 12.5. The molecule has 2 N–H and O–H groups in total. The van der Waals surface area contributed by atoms with Gasteiger partial charge in [0.25, 0.3) is 5.91 Å². The number of anilines is 2. The number of carbonyl (C=O) groups excluding carboxylic acids is 1. The van der Waals surface area contributed by atoms with Crippen molar-refractivity contribution < 1.29 is 4.79 Å². The number of pyridine rings is 1. The van der Waals surface area contributed by atoms with Gasteiger partial charge >= 0.3 is 0 Å². The fraction of sp³-hybridized carbons (Fsp3) is 0.412. The Morgan fingerprint density at radius 1 is 1.28 bits per heavy atom. The van der Waals surface area contributed by atoms with E-state index >= 15 is 0 Å². The van der Waals surface area contributed by atoms with Crippen LogP contribution in [0.15, 0.2) is 35.5 Å². The van der Waals surface area contributed by atoms with Crippen molar-refractivity contribution in [2.75, 3.05) is 37.4 Å². The van der Waals surface area contributed by atoms with Gasteiger partial charge in [0.15, 0.2) is 0 Å². The van der Waals surface area contributed by atoms with E-state index in [2.05, 4.69) is 20.3 Å². The zero-order valence-corrected chi connectivity index (χ0v) is 14.4. The Balaban J connectivity index is 1.58. The first-order valence-corrected chi connectivity index (χ1v) is 8.27. The Hall–Kier alpha value is -2.90. The van der Waals surface area contributed by atoms with Crippen LogP contribution in [0.5, 0.6) is 0 Å². The van der Waals surface area contributed by atoms with Gasteiger partial charge in [0.2, 0.25) is 5.56 Å². The van der Waals surface area contributed by atoms with Crippen molar-refractivity contribution in [3.63, 3.8) is 0 Å². The van der Waals surface area contributed by atoms with Gasteiger partial charge in [-0.15, -0.1) is 0 Å². The third-order valence-electron chi connectivity index (χ3n) is 4.27. The fourth-order valence-corrected chi connectivity index (χ4v) is 2.87. The van der Waals surface area contributed by atoms with E-state index in [-0.39, 0.29) is 17.5 Å². The topological polar surface area (TPSA) is 94.2 Å². The number of rotatable bonds is 4. The highest BCUT2D eigenvalue weighted by atomic mass is 16.2. The predicted octanol–water partition coefficient (Wildman–Crippen LogP) is 0.948. The second-order valence-corrected chi connectivity index (χ2v) is 6.31. The SMILES string of the molecule is CN(C)c1cc(NC2CCN(C(=O)c3cc[nH]c(=O)c3)CC2)ncn1. The van der Waals surface area contributed by atoms with Gasteiger partial charge in [-0.1, -0.05) is 0 Å². The lowest BCUT2D eigenvalue weighted by molar-refractivity contribution is 0.0718. The summed E-state index contributed by atoms with van der Waals surface area (Å²) >= 11 is 0. The van der Waals surface area contributed by atoms with Gasteiger partial charge in [-0.3, -0.25) is 9.59 Å². The van der Waals surface area contributed by atoms with Crippen LogP contribution < -0.4 is 15.8 Å². The summed E-state index contributed by atoms with van der Waals surface area (Å²) in [5, 5.41) is 3.41. The molecule has 1 aliphatic rings. The molecule has 1 aliphatic heterocycles. The van der Waals surface area contributed by atoms with Crippen LogP contribution in [0.4, 0.5) is 11.6 Å². The summed E-state index contributed by atoms with van der Waals surface area (Å²) in [6, 6.07) is 5.15. The van der Waals surface area contributed by atoms with Crippen molar-refractivity contribution in [1.82, 2.24) is 19.9 Å². The van der Waals surface area contributed by atoms with Gasteiger partial charge in [-0.2, -0.15) is 0 Å². The monoisotopic (exact) mass is 342 g/mol. The van der Waals surface area contributed by atoms with Crippen molar-refractivity contribution in [2.24, 2.45) is 0 Å². The number of nitrogens with zero attached hydrogens (tertiary/aromatic N) is 4. The molecule has 1 amide bonds. The van der Waals surface area contributed by atoms with Crippen molar-refractivity contribution in [1.29, 1.82) is 0 Å². The molecule has 0 atom stereocenters. The van der Waals surface area contributed by atoms with E-state index in [1.54, 1.807) is 17.3 Å². The van der Waals surface area contributed by atoms with Gasteiger partial charge < -0.3 is 20.1 Å². The highest BCUT2D eigenvalue weighted by Gasteiger charge is 2.24. The molecule has 3 heterocycles. The Kier molecular flexibility index (Phi) is 4.97. The van der Waals surface area contributed by atoms with Crippen molar-refractivity contribution in [2.45, 2.75) is 18.9 Å². The minimum Gasteiger partial charge on any atom is -0.367 e. The molecular formula is C17H22N6O2. The van der Waals surface area contributed by atoms with E-state index in [9.17, 15) is 9.59 Å². The molecule has 0 spiro atoms. The smallest absolute Gasteiger partial charge is 0.254 e. The largest absolute Gasteiger partial charge is 0.367 e. The summed E-state index contributed by atoms with van der Waals surface area (Å²) in [6.07, 6.45) is 4.71. The van der Waals surface area contributed by atoms with E-state index in [4.69, 9.17) is 0 Å². The Labute approximate surface area is 145 Å². The van der Waals surface area contributed by atoms with Crippen LogP contribution >= 0.6 is 0 Å². The maximum absolute atomic E-state index is 12.5. The van der Waals surface area contributed by atoms with Gasteiger partial charge in [0, 0.05) is 57.1 Å². The molecule has 0 saturated carbocycles. The number of carbonyl (C=O) groups is 1. The Morgan fingerprint density at radius 2 is 2.04 bits per heavy atom. The summed E-state index contributed by atoms with van der Waals surface area (Å²) < 4.78 is 0. The summed E-state index contributed by atoms with van der Waals surface area (Å²) in [7, 11) is 3.87. The van der Waals surface area contributed by atoms with E-state index in [1.807, 2.05) is 25.1 Å². The molecule has 2 aromatic heterocycles. The van der Waals surface area contributed by atoms with Crippen LogP contribution in [-0.4, -0.2) is 59.0 Å². The first kappa shape index (κ1) is 16.9. The van der Waals surface area contributed by atoms with Crippen LogP contribution in [0, 0.1) is 0 Å². The van der Waals surface area contributed by atoms with Crippen molar-refractivity contribution >= 4 is 17.5 Å². The molecule has 1 fully saturated rings. The molecule has 8 heteroatoms. The second kappa shape index (κ2) is 7.33. The molecule has 8 nitrogen and oxygen atoms in total. The number of aromatic amines is 1. The van der Waals surface area contributed by atoms with Crippen molar-refractivity contribution in [3.05, 3.63) is 46.6 Å². The number of hydrogen-bond acceptors (Lipinski definition) is 6. The average molecular weight is 342 g/mol. The molecule has 0 aliphatic carbocycles. The summed E-state index contributed by atoms with van der Waals surface area (Å²) in [6.45, 7) is 1.30. The molecular weight excluding hydrogens is 320 g/mol. The maximum Gasteiger partial charge on any atom is 0.254 e. The first-order valence-electron chi connectivity index (χ1n) is 8.27. The van der Waals surface area contributed by atoms with Crippen LogP contribution in [0.1, 0.15) is 23.2 Å². The average Bonchev–Trinajstić information content (AvgIpc) is 2.62. The summed E-state index contributed by atoms with van der Waals surface area (Å²) in [5.41, 5.74) is 0.171. The minimum atomic E-state index is -0.261. The summed E-state index contributed by atoms with van der Waals surface area (Å²) in [5.74, 6) is 1.54. The molecule has 132 valence electrons. The molecule has 25 heavy (non-hydrogen) atoms. The van der Waals surface area contributed by atoms with Crippen molar-refractivity contribution in [3.8, 4) is 0 Å². The van der Waals surface area contributed by atoms with Crippen LogP contribution in [0.3, 0.4) is 0 Å². The quantitative estimate of drug-likeness (QED) is 0.859. The number of H-pyrrole nitrogens is 1. The minimum absolute atomic E-state index is 0.0959. The van der Waals surface area contributed by atoms with Gasteiger partial charge in [0.05, 0.1) is 0 Å². The van der Waals surface area contributed by atoms with E-state index in [0.717, 1.165) is 24.5 Å². The first-order chi connectivity index (χ1) is 12.0. The van der Waals surface area contributed by atoms with Gasteiger partial charge in [0.1, 0.15) is 18.0 Å². The zero-order chi connectivity index (χ0) is 17.8. The van der Waals surface area contributed by atoms with Gasteiger partial charge in [-0.25, -0.2) is 9.97 Å². The van der Waals surface area contributed by atoms with E-state index < -0.39 is 0 Å². The zero-order valence-electron chi connectivity index (χ0n) is 14.4. The Bertz CT molecular complexity index is 795. The Morgan fingerprint density at radius 3 is 2.72 bits per heavy atom. The lowest BCUT2D eigenvalue weighted by atomic mass is 10.0. The third-order valence-corrected chi connectivity index (χ3v) is 4.27. The molecule has 0 bridgehead atoms. The summed E-state index contributed by atoms with van der Waals surface area (Å²) in [4.78, 5) is 38.5. The van der Waals surface area contributed by atoms with Crippen LogP contribution in [-0.2, 0) is 0 Å². The number of hydrogen-bond donors (Lipinski definition) is 2. The van der Waals surface area contributed by atoms with Crippen LogP contribution in [0.2, 0.25) is 0 Å². The highest BCUT2D eigenvalue weighted by molar-refractivity contribution is 5.94. The standard InChI is InChI=1S/C17H22N6O2/c1-22(2)15-10-14(19-11-20-15)21-13-4-7-23(8-5-13)17(25)12-3-6-18-16(24)9-12/h3,6,9-11,13H,4-5,7-8H2,1-2H3,(H,18,24)(H,19,20,21). The van der Waals surface area contributed by atoms with E-state index in [0.29, 0.717) is 18.7 Å². The number of likely N-dealkylation sites (tertiary alicyclic amines) is 1. The number of aromatic nitrogens is 3. The number of nitrogens with one attached hydrogen (secondary N) is 2. The van der Waals surface area contributed by atoms with E-state index in [1.165, 1.54) is 12.3 Å². The molecule has 0 radical (unpaired) electrons. The molecule has 0 unspecified atom stereocenters. The third kappa shape index (κ3) is 4.14. The molecule has 0 aromatic carbocycles. The molecule has 2 aromatic rings. The normalized spacial score (nSPS) is 15.0. The second-order valence-electron chi connectivity index (χ2n) is 6.31. The predicted molar refractivity (Wildman–Crippen MR) is 96.0 cm³/mol.